The van der Waals surface area contributed by atoms with Gasteiger partial charge >= 0.3 is 0 Å². The number of hydrogen-bond donors (Lipinski definition) is 1. The number of nitrogens with one attached hydrogen (secondary N) is 1. The van der Waals surface area contributed by atoms with Crippen LogP contribution in [0.2, 0.25) is 0 Å². The summed E-state index contributed by atoms with van der Waals surface area (Å²) >= 11 is 5.71. The highest BCUT2D eigenvalue weighted by Gasteiger charge is 2.15. The first-order chi connectivity index (χ1) is 12.8. The molecule has 0 bridgehead atoms. The van der Waals surface area contributed by atoms with E-state index in [0.29, 0.717) is 26.4 Å². The number of hydrogen-bond acceptors (Lipinski definition) is 5. The number of halogens is 2. The predicted molar refractivity (Wildman–Crippen MR) is 112 cm³/mol. The summed E-state index contributed by atoms with van der Waals surface area (Å²) in [5, 5.41) is 4.87. The van der Waals surface area contributed by atoms with E-state index in [0.717, 1.165) is 0 Å². The van der Waals surface area contributed by atoms with E-state index in [1.807, 2.05) is 19.2 Å². The monoisotopic (exact) mass is 469 g/mol. The van der Waals surface area contributed by atoms with Gasteiger partial charge in [0.25, 0.3) is 5.56 Å². The van der Waals surface area contributed by atoms with Gasteiger partial charge in [0.2, 0.25) is 5.91 Å². The van der Waals surface area contributed by atoms with Crippen LogP contribution >= 0.6 is 39.0 Å². The van der Waals surface area contributed by atoms with E-state index in [1.165, 1.54) is 35.2 Å². The normalized spacial score (nSPS) is 11.3. The molecular formula is C18H17BrFN3O2S2. The maximum absolute atomic E-state index is 13.9. The summed E-state index contributed by atoms with van der Waals surface area (Å²) in [4.78, 5) is 29.5. The zero-order valence-electron chi connectivity index (χ0n) is 14.7. The van der Waals surface area contributed by atoms with Gasteiger partial charge in [-0.05, 0) is 35.6 Å². The number of carbonyl (C=O) groups is 1. The Balaban J connectivity index is 1.79. The lowest BCUT2D eigenvalue weighted by Crippen LogP contribution is -2.25. The molecule has 0 unspecified atom stereocenters. The Labute approximate surface area is 172 Å². The van der Waals surface area contributed by atoms with E-state index in [1.54, 1.807) is 16.7 Å². The van der Waals surface area contributed by atoms with Gasteiger partial charge in [-0.1, -0.05) is 41.5 Å². The van der Waals surface area contributed by atoms with Crippen molar-refractivity contribution in [2.75, 3.05) is 11.1 Å². The maximum atomic E-state index is 13.9. The van der Waals surface area contributed by atoms with Crippen LogP contribution in [0.1, 0.15) is 13.8 Å². The zero-order valence-corrected chi connectivity index (χ0v) is 17.9. The molecule has 0 fully saturated rings. The number of benzene rings is 1. The van der Waals surface area contributed by atoms with E-state index < -0.39 is 5.82 Å². The highest BCUT2D eigenvalue weighted by molar-refractivity contribution is 9.10. The molecule has 1 amide bonds. The number of anilines is 1. The number of aromatic nitrogens is 2. The second-order valence-corrected chi connectivity index (χ2v) is 9.07. The van der Waals surface area contributed by atoms with Gasteiger partial charge in [-0.3, -0.25) is 14.2 Å². The van der Waals surface area contributed by atoms with Crippen LogP contribution < -0.4 is 10.9 Å². The topological polar surface area (TPSA) is 64.0 Å². The van der Waals surface area contributed by atoms with Crippen LogP contribution in [0.5, 0.6) is 0 Å². The number of thiophene rings is 1. The van der Waals surface area contributed by atoms with E-state index in [2.05, 4.69) is 26.2 Å². The van der Waals surface area contributed by atoms with Crippen LogP contribution in [0.25, 0.3) is 10.2 Å². The Morgan fingerprint density at radius 1 is 1.41 bits per heavy atom. The van der Waals surface area contributed by atoms with Crippen molar-refractivity contribution in [2.24, 2.45) is 5.92 Å². The number of amides is 1. The molecule has 1 N–H and O–H groups in total. The van der Waals surface area contributed by atoms with Gasteiger partial charge < -0.3 is 5.32 Å². The third-order valence-electron chi connectivity index (χ3n) is 3.62. The van der Waals surface area contributed by atoms with E-state index in [-0.39, 0.29) is 28.8 Å². The van der Waals surface area contributed by atoms with Gasteiger partial charge in [-0.25, -0.2) is 9.37 Å². The smallest absolute Gasteiger partial charge is 0.272 e. The molecule has 1 aromatic carbocycles. The first kappa shape index (κ1) is 20.0. The molecule has 0 aliphatic rings. The summed E-state index contributed by atoms with van der Waals surface area (Å²) in [6.07, 6.45) is 0. The molecular weight excluding hydrogens is 453 g/mol. The molecule has 0 saturated carbocycles. The fourth-order valence-corrected chi connectivity index (χ4v) is 4.39. The maximum Gasteiger partial charge on any atom is 0.272 e. The van der Waals surface area contributed by atoms with Crippen LogP contribution in [0.3, 0.4) is 0 Å². The second-order valence-electron chi connectivity index (χ2n) is 6.30. The molecule has 9 heteroatoms. The van der Waals surface area contributed by atoms with E-state index in [4.69, 9.17) is 0 Å². The largest absolute Gasteiger partial charge is 0.323 e. The third kappa shape index (κ3) is 4.77. The van der Waals surface area contributed by atoms with Gasteiger partial charge in [-0.15, -0.1) is 11.3 Å². The SMILES string of the molecule is CC(C)Cn1c(SCC(=O)Nc2ccc(Br)cc2F)nc2ccsc2c1=O. The number of nitrogens with zero attached hydrogens (tertiary/aromatic N) is 2. The fraction of sp³-hybridized carbons (Fsp3) is 0.278. The Morgan fingerprint density at radius 2 is 2.19 bits per heavy atom. The van der Waals surface area contributed by atoms with Crippen molar-refractivity contribution >= 4 is 60.8 Å². The minimum atomic E-state index is -0.516. The standard InChI is InChI=1S/C18H17BrFN3O2S2/c1-10(2)8-23-17(25)16-14(5-6-26-16)22-18(23)27-9-15(24)21-13-4-3-11(19)7-12(13)20/h3-7,10H,8-9H2,1-2H3,(H,21,24). The molecule has 0 saturated heterocycles. The summed E-state index contributed by atoms with van der Waals surface area (Å²) in [5.41, 5.74) is 0.655. The zero-order chi connectivity index (χ0) is 19.6. The summed E-state index contributed by atoms with van der Waals surface area (Å²) in [5.74, 6) is -0.600. The summed E-state index contributed by atoms with van der Waals surface area (Å²) in [6.45, 7) is 4.55. The molecule has 2 aromatic heterocycles. The average Bonchev–Trinajstić information content (AvgIpc) is 3.07. The van der Waals surface area contributed by atoms with E-state index >= 15 is 0 Å². The lowest BCUT2D eigenvalue weighted by atomic mass is 10.2. The van der Waals surface area contributed by atoms with Crippen molar-refractivity contribution in [2.45, 2.75) is 25.5 Å². The number of rotatable bonds is 6. The van der Waals surface area contributed by atoms with Crippen molar-refractivity contribution in [3.63, 3.8) is 0 Å². The molecule has 5 nitrogen and oxygen atoms in total. The summed E-state index contributed by atoms with van der Waals surface area (Å²) in [7, 11) is 0. The minimum Gasteiger partial charge on any atom is -0.323 e. The molecule has 3 aromatic rings. The number of thioether (sulfide) groups is 1. The lowest BCUT2D eigenvalue weighted by molar-refractivity contribution is -0.113. The molecule has 0 atom stereocenters. The molecule has 142 valence electrons. The quantitative estimate of drug-likeness (QED) is 0.417. The Bertz CT molecular complexity index is 1050. The number of carbonyl (C=O) groups excluding carboxylic acids is 1. The average molecular weight is 470 g/mol. The molecule has 0 aliphatic carbocycles. The van der Waals surface area contributed by atoms with Crippen LogP contribution in [0, 0.1) is 11.7 Å². The Hall–Kier alpha value is -1.71. The Morgan fingerprint density at radius 3 is 2.89 bits per heavy atom. The molecule has 2 heterocycles. The molecule has 3 rings (SSSR count). The van der Waals surface area contributed by atoms with Gasteiger partial charge in [0.15, 0.2) is 5.16 Å². The fourth-order valence-electron chi connectivity index (χ4n) is 2.47. The predicted octanol–water partition coefficient (Wildman–Crippen LogP) is 4.75. The third-order valence-corrected chi connectivity index (χ3v) is 5.98. The Kier molecular flexibility index (Phi) is 6.33. The van der Waals surface area contributed by atoms with Gasteiger partial charge in [0, 0.05) is 11.0 Å². The highest BCUT2D eigenvalue weighted by Crippen LogP contribution is 2.23. The second kappa shape index (κ2) is 8.53. The molecule has 0 spiro atoms. The van der Waals surface area contributed by atoms with Crippen molar-refractivity contribution in [3.05, 3.63) is 50.3 Å². The van der Waals surface area contributed by atoms with Crippen LogP contribution in [0.15, 0.2) is 44.1 Å². The summed E-state index contributed by atoms with van der Waals surface area (Å²) in [6, 6.07) is 6.22. The van der Waals surface area contributed by atoms with Crippen molar-refractivity contribution in [1.29, 1.82) is 0 Å². The van der Waals surface area contributed by atoms with Gasteiger partial charge in [0.1, 0.15) is 10.5 Å². The van der Waals surface area contributed by atoms with Crippen LogP contribution in [-0.2, 0) is 11.3 Å². The van der Waals surface area contributed by atoms with Gasteiger partial charge in [-0.2, -0.15) is 0 Å². The molecule has 0 aliphatic heterocycles. The lowest BCUT2D eigenvalue weighted by Gasteiger charge is -2.14. The highest BCUT2D eigenvalue weighted by atomic mass is 79.9. The molecule has 27 heavy (non-hydrogen) atoms. The first-order valence-electron chi connectivity index (χ1n) is 8.21. The minimum absolute atomic E-state index is 0.0235. The van der Waals surface area contributed by atoms with Gasteiger partial charge in [0.05, 0.1) is 17.0 Å². The summed E-state index contributed by atoms with van der Waals surface area (Å²) < 4.78 is 16.7. The van der Waals surface area contributed by atoms with Crippen molar-refractivity contribution in [1.82, 2.24) is 9.55 Å². The van der Waals surface area contributed by atoms with Crippen molar-refractivity contribution in [3.8, 4) is 0 Å². The molecule has 0 radical (unpaired) electrons. The first-order valence-corrected chi connectivity index (χ1v) is 10.9. The number of fused-ring (bicyclic) bond motifs is 1. The van der Waals surface area contributed by atoms with E-state index in [9.17, 15) is 14.0 Å². The van der Waals surface area contributed by atoms with Crippen LogP contribution in [0.4, 0.5) is 10.1 Å². The van der Waals surface area contributed by atoms with Crippen LogP contribution in [-0.4, -0.2) is 21.2 Å². The van der Waals surface area contributed by atoms with Crippen molar-refractivity contribution < 1.29 is 9.18 Å².